The fourth-order valence-corrected chi connectivity index (χ4v) is 4.87. The molecule has 1 heterocycles. The molecule has 116 valence electrons. The van der Waals surface area contributed by atoms with Gasteiger partial charge in [0.1, 0.15) is 0 Å². The van der Waals surface area contributed by atoms with Gasteiger partial charge in [0, 0.05) is 25.7 Å². The van der Waals surface area contributed by atoms with Gasteiger partial charge in [-0.25, -0.2) is 0 Å². The van der Waals surface area contributed by atoms with E-state index in [1.807, 2.05) is 0 Å². The van der Waals surface area contributed by atoms with E-state index in [0.717, 1.165) is 13.2 Å². The molecule has 3 rings (SSSR count). The van der Waals surface area contributed by atoms with Crippen LogP contribution in [0, 0.1) is 5.41 Å². The van der Waals surface area contributed by atoms with Crippen molar-refractivity contribution in [2.45, 2.75) is 69.9 Å². The molecule has 0 aromatic rings. The van der Waals surface area contributed by atoms with Gasteiger partial charge in [0.25, 0.3) is 0 Å². The van der Waals surface area contributed by atoms with Crippen LogP contribution in [-0.2, 0) is 4.74 Å². The van der Waals surface area contributed by atoms with Crippen LogP contribution in [0.15, 0.2) is 0 Å². The van der Waals surface area contributed by atoms with Crippen molar-refractivity contribution in [3.8, 4) is 0 Å². The maximum absolute atomic E-state index is 6.04. The van der Waals surface area contributed by atoms with Gasteiger partial charge in [0.15, 0.2) is 0 Å². The van der Waals surface area contributed by atoms with Gasteiger partial charge < -0.3 is 10.1 Å². The Kier molecular flexibility index (Phi) is 5.00. The van der Waals surface area contributed by atoms with Gasteiger partial charge in [-0.05, 0) is 38.1 Å². The summed E-state index contributed by atoms with van der Waals surface area (Å²) in [5.74, 6) is 0. The Morgan fingerprint density at radius 1 is 1.10 bits per heavy atom. The average molecular weight is 280 g/mol. The summed E-state index contributed by atoms with van der Waals surface area (Å²) in [4.78, 5) is 2.80. The first-order chi connectivity index (χ1) is 9.83. The fraction of sp³-hybridized carbons (Fsp3) is 1.00. The fourth-order valence-electron chi connectivity index (χ4n) is 4.87. The minimum Gasteiger partial charge on any atom is -0.375 e. The predicted octanol–water partition coefficient (Wildman–Crippen LogP) is 2.80. The average Bonchev–Trinajstić information content (AvgIpc) is 2.49. The molecule has 20 heavy (non-hydrogen) atoms. The molecule has 2 unspecified atom stereocenters. The molecule has 0 radical (unpaired) electrons. The molecule has 0 aromatic carbocycles. The Morgan fingerprint density at radius 2 is 1.90 bits per heavy atom. The summed E-state index contributed by atoms with van der Waals surface area (Å²) in [7, 11) is 2.12. The van der Waals surface area contributed by atoms with Crippen molar-refractivity contribution < 1.29 is 4.74 Å². The minimum absolute atomic E-state index is 0.534. The van der Waals surface area contributed by atoms with E-state index >= 15 is 0 Å². The normalized spacial score (nSPS) is 34.6. The predicted molar refractivity (Wildman–Crippen MR) is 83.0 cm³/mol. The summed E-state index contributed by atoms with van der Waals surface area (Å²) >= 11 is 0. The molecular formula is C17H32N2O. The van der Waals surface area contributed by atoms with Gasteiger partial charge in [-0.2, -0.15) is 0 Å². The second-order valence-electron chi connectivity index (χ2n) is 7.32. The Morgan fingerprint density at radius 3 is 2.70 bits per heavy atom. The van der Waals surface area contributed by atoms with Crippen LogP contribution in [0.25, 0.3) is 0 Å². The third-order valence-corrected chi connectivity index (χ3v) is 5.85. The van der Waals surface area contributed by atoms with Crippen LogP contribution in [-0.4, -0.2) is 50.3 Å². The van der Waals surface area contributed by atoms with Gasteiger partial charge >= 0.3 is 0 Å². The second kappa shape index (κ2) is 6.76. The first-order valence-electron chi connectivity index (χ1n) is 8.83. The number of rotatable bonds is 4. The summed E-state index contributed by atoms with van der Waals surface area (Å²) in [6.45, 7) is 4.61. The molecule has 0 spiro atoms. The summed E-state index contributed by atoms with van der Waals surface area (Å²) in [6, 6.07) is 0.716. The van der Waals surface area contributed by atoms with E-state index < -0.39 is 0 Å². The molecule has 1 aliphatic heterocycles. The lowest BCUT2D eigenvalue weighted by Crippen LogP contribution is -2.57. The van der Waals surface area contributed by atoms with Crippen LogP contribution >= 0.6 is 0 Å². The van der Waals surface area contributed by atoms with Crippen molar-refractivity contribution in [1.29, 1.82) is 0 Å². The second-order valence-corrected chi connectivity index (χ2v) is 7.32. The zero-order chi connectivity index (χ0) is 13.8. The topological polar surface area (TPSA) is 24.5 Å². The van der Waals surface area contributed by atoms with Gasteiger partial charge in [-0.3, -0.25) is 4.90 Å². The molecule has 1 N–H and O–H groups in total. The number of fused-ring (bicyclic) bond motifs is 1. The first kappa shape index (κ1) is 14.8. The van der Waals surface area contributed by atoms with E-state index in [0.29, 0.717) is 17.6 Å². The molecule has 0 bridgehead atoms. The van der Waals surface area contributed by atoms with E-state index in [4.69, 9.17) is 4.74 Å². The third-order valence-electron chi connectivity index (χ3n) is 5.85. The molecule has 3 fully saturated rings. The van der Waals surface area contributed by atoms with Crippen LogP contribution in [0.5, 0.6) is 0 Å². The van der Waals surface area contributed by atoms with Crippen molar-refractivity contribution >= 4 is 0 Å². The van der Waals surface area contributed by atoms with E-state index in [2.05, 4.69) is 17.3 Å². The lowest BCUT2D eigenvalue weighted by molar-refractivity contribution is -0.101. The highest BCUT2D eigenvalue weighted by molar-refractivity contribution is 4.93. The van der Waals surface area contributed by atoms with Gasteiger partial charge in [0.2, 0.25) is 0 Å². The largest absolute Gasteiger partial charge is 0.375 e. The van der Waals surface area contributed by atoms with Crippen molar-refractivity contribution in [3.05, 3.63) is 0 Å². The highest BCUT2D eigenvalue weighted by atomic mass is 16.5. The summed E-state index contributed by atoms with van der Waals surface area (Å²) in [5.41, 5.74) is 0.534. The number of morpholine rings is 1. The SMILES string of the molecule is CNCC1(CN2CCOC3CCCCC32)CCCCC1. The molecule has 2 aliphatic carbocycles. The molecule has 2 atom stereocenters. The molecule has 3 heteroatoms. The molecule has 0 aromatic heterocycles. The number of hydrogen-bond acceptors (Lipinski definition) is 3. The maximum Gasteiger partial charge on any atom is 0.0730 e. The monoisotopic (exact) mass is 280 g/mol. The zero-order valence-electron chi connectivity index (χ0n) is 13.2. The van der Waals surface area contributed by atoms with E-state index in [-0.39, 0.29) is 0 Å². The molecule has 2 saturated carbocycles. The third kappa shape index (κ3) is 3.20. The van der Waals surface area contributed by atoms with Gasteiger partial charge in [-0.15, -0.1) is 0 Å². The van der Waals surface area contributed by atoms with Crippen molar-refractivity contribution in [2.75, 3.05) is 33.3 Å². The van der Waals surface area contributed by atoms with E-state index in [1.165, 1.54) is 70.9 Å². The lowest BCUT2D eigenvalue weighted by atomic mass is 9.73. The number of nitrogens with one attached hydrogen (secondary N) is 1. The van der Waals surface area contributed by atoms with Crippen LogP contribution < -0.4 is 5.32 Å². The molecular weight excluding hydrogens is 248 g/mol. The Hall–Kier alpha value is -0.120. The quantitative estimate of drug-likeness (QED) is 0.857. The Labute approximate surface area is 124 Å². The van der Waals surface area contributed by atoms with E-state index in [9.17, 15) is 0 Å². The highest BCUT2D eigenvalue weighted by Gasteiger charge is 2.39. The number of ether oxygens (including phenoxy) is 1. The lowest BCUT2D eigenvalue weighted by Gasteiger charge is -2.49. The van der Waals surface area contributed by atoms with Gasteiger partial charge in [0.05, 0.1) is 12.7 Å². The highest BCUT2D eigenvalue weighted by Crippen LogP contribution is 2.39. The van der Waals surface area contributed by atoms with Crippen LogP contribution in [0.1, 0.15) is 57.8 Å². The van der Waals surface area contributed by atoms with Gasteiger partial charge in [-0.1, -0.05) is 32.1 Å². The molecule has 0 amide bonds. The Balaban J connectivity index is 1.66. The maximum atomic E-state index is 6.04. The smallest absolute Gasteiger partial charge is 0.0730 e. The van der Waals surface area contributed by atoms with Crippen molar-refractivity contribution in [3.63, 3.8) is 0 Å². The number of nitrogens with zero attached hydrogens (tertiary/aromatic N) is 1. The zero-order valence-corrected chi connectivity index (χ0v) is 13.2. The molecule has 3 aliphatic rings. The van der Waals surface area contributed by atoms with Crippen LogP contribution in [0.3, 0.4) is 0 Å². The van der Waals surface area contributed by atoms with Crippen LogP contribution in [0.2, 0.25) is 0 Å². The van der Waals surface area contributed by atoms with E-state index in [1.54, 1.807) is 0 Å². The molecule has 3 nitrogen and oxygen atoms in total. The van der Waals surface area contributed by atoms with Crippen molar-refractivity contribution in [2.24, 2.45) is 5.41 Å². The summed E-state index contributed by atoms with van der Waals surface area (Å²) in [5, 5.41) is 3.48. The standard InChI is InChI=1S/C17H32N2O/c1-18-13-17(9-5-2-6-10-17)14-19-11-12-20-16-8-4-3-7-15(16)19/h15-16,18H,2-14H2,1H3. The number of hydrogen-bond donors (Lipinski definition) is 1. The first-order valence-corrected chi connectivity index (χ1v) is 8.83. The molecule has 1 saturated heterocycles. The van der Waals surface area contributed by atoms with Crippen molar-refractivity contribution in [1.82, 2.24) is 10.2 Å². The minimum atomic E-state index is 0.534. The summed E-state index contributed by atoms with van der Waals surface area (Å²) in [6.07, 6.45) is 13.1. The summed E-state index contributed by atoms with van der Waals surface area (Å²) < 4.78 is 6.04. The Bertz CT molecular complexity index is 294. The van der Waals surface area contributed by atoms with Crippen LogP contribution in [0.4, 0.5) is 0 Å².